The highest BCUT2D eigenvalue weighted by Crippen LogP contribution is 2.52. The van der Waals surface area contributed by atoms with Crippen LogP contribution in [0.1, 0.15) is 67.7 Å². The Kier molecular flexibility index (Phi) is 6.85. The minimum atomic E-state index is -2.67. The second-order valence-electron chi connectivity index (χ2n) is 9.91. The van der Waals surface area contributed by atoms with Gasteiger partial charge in [-0.25, -0.2) is 0 Å². The lowest BCUT2D eigenvalue weighted by Gasteiger charge is -2.45. The SMILES string of the molecule is CCCCCCc1cc(CN)c(O)c2c1C[C@H]1C[C@H]3CC(N=O)=C(C(N)=O)C(=O)[C@@]3(O)C(=O)C1=C2O. The third-order valence-electron chi connectivity index (χ3n) is 7.86. The molecular formula is C26H31N3O7. The smallest absolute Gasteiger partial charge is 0.254 e. The molecule has 3 aliphatic carbocycles. The van der Waals surface area contributed by atoms with E-state index in [1.54, 1.807) is 0 Å². The van der Waals surface area contributed by atoms with Crippen LogP contribution in [0.3, 0.4) is 0 Å². The molecule has 4 rings (SSSR count). The van der Waals surface area contributed by atoms with Gasteiger partial charge in [0.05, 0.1) is 5.56 Å². The number of benzene rings is 1. The number of carbonyl (C=O) groups is 3. The number of amides is 1. The number of phenolic OH excluding ortho intramolecular Hbond substituents is 1. The summed E-state index contributed by atoms with van der Waals surface area (Å²) in [6.07, 6.45) is 4.90. The number of hydrogen-bond acceptors (Lipinski definition) is 9. The van der Waals surface area contributed by atoms with Crippen LogP contribution in [0.15, 0.2) is 28.1 Å². The Morgan fingerprint density at radius 3 is 2.47 bits per heavy atom. The minimum Gasteiger partial charge on any atom is -0.507 e. The van der Waals surface area contributed by atoms with Crippen molar-refractivity contribution in [3.63, 3.8) is 0 Å². The molecule has 10 nitrogen and oxygen atoms in total. The molecule has 0 aliphatic heterocycles. The zero-order chi connectivity index (χ0) is 26.4. The van der Waals surface area contributed by atoms with E-state index in [1.807, 2.05) is 6.07 Å². The maximum Gasteiger partial charge on any atom is 0.254 e. The molecule has 10 heteroatoms. The number of aromatic hydroxyl groups is 1. The highest BCUT2D eigenvalue weighted by Gasteiger charge is 2.61. The average molecular weight is 498 g/mol. The van der Waals surface area contributed by atoms with Crippen LogP contribution in [0.25, 0.3) is 5.76 Å². The molecule has 192 valence electrons. The standard InChI is InChI=1S/C26H31N3O7/c1-2-3-4-5-6-12-7-14(11-27)21(30)19-16(12)9-13-8-15-10-17(29-36)20(25(28)34)24(33)26(15,35)23(32)18(13)22(19)31/h7,13,15,30-31,35H,2-6,8-11,27H2,1H3,(H2,28,34)/t13-,15+,26+/m1/s1. The second-order valence-corrected chi connectivity index (χ2v) is 9.91. The fourth-order valence-electron chi connectivity index (χ4n) is 6.03. The molecule has 0 unspecified atom stereocenters. The number of carbonyl (C=O) groups excluding carboxylic acids is 3. The van der Waals surface area contributed by atoms with E-state index in [9.17, 15) is 34.6 Å². The number of aliphatic hydroxyl groups is 2. The van der Waals surface area contributed by atoms with Gasteiger partial charge in [0.2, 0.25) is 11.6 Å². The van der Waals surface area contributed by atoms with Gasteiger partial charge in [-0.1, -0.05) is 32.3 Å². The first-order chi connectivity index (χ1) is 17.1. The summed E-state index contributed by atoms with van der Waals surface area (Å²) >= 11 is 0. The molecule has 1 amide bonds. The van der Waals surface area contributed by atoms with Crippen molar-refractivity contribution in [3.8, 4) is 5.75 Å². The summed E-state index contributed by atoms with van der Waals surface area (Å²) < 4.78 is 0. The van der Waals surface area contributed by atoms with Gasteiger partial charge in [-0.15, -0.1) is 4.91 Å². The van der Waals surface area contributed by atoms with E-state index >= 15 is 0 Å². The number of ketones is 2. The first kappa shape index (κ1) is 25.7. The number of aryl methyl sites for hydroxylation is 1. The number of rotatable bonds is 8. The van der Waals surface area contributed by atoms with Gasteiger partial charge < -0.3 is 26.8 Å². The number of hydrogen-bond donors (Lipinski definition) is 5. The van der Waals surface area contributed by atoms with Gasteiger partial charge in [-0.05, 0) is 47.9 Å². The fraction of sp³-hybridized carbons (Fsp3) is 0.500. The van der Waals surface area contributed by atoms with Crippen LogP contribution in [0.2, 0.25) is 0 Å². The summed E-state index contributed by atoms with van der Waals surface area (Å²) in [5, 5.41) is 36.3. The molecule has 0 saturated heterocycles. The van der Waals surface area contributed by atoms with Crippen LogP contribution in [-0.2, 0) is 33.8 Å². The largest absolute Gasteiger partial charge is 0.507 e. The van der Waals surface area contributed by atoms with Crippen LogP contribution in [0.5, 0.6) is 5.75 Å². The van der Waals surface area contributed by atoms with Gasteiger partial charge in [-0.2, -0.15) is 0 Å². The van der Waals surface area contributed by atoms with Gasteiger partial charge in [-0.3, -0.25) is 14.4 Å². The predicted molar refractivity (Wildman–Crippen MR) is 130 cm³/mol. The van der Waals surface area contributed by atoms with Crippen LogP contribution in [0, 0.1) is 16.7 Å². The molecule has 1 aromatic carbocycles. The van der Waals surface area contributed by atoms with E-state index in [4.69, 9.17) is 11.5 Å². The summed E-state index contributed by atoms with van der Waals surface area (Å²) in [5.41, 5.74) is 9.20. The molecule has 3 atom stereocenters. The lowest BCUT2D eigenvalue weighted by atomic mass is 9.58. The van der Waals surface area contributed by atoms with E-state index in [0.29, 0.717) is 24.0 Å². The normalized spacial score (nSPS) is 25.4. The van der Waals surface area contributed by atoms with Crippen molar-refractivity contribution in [2.24, 2.45) is 28.5 Å². The Labute approximate surface area is 208 Å². The zero-order valence-corrected chi connectivity index (χ0v) is 20.2. The Morgan fingerprint density at radius 2 is 1.86 bits per heavy atom. The van der Waals surface area contributed by atoms with E-state index in [1.165, 1.54) is 0 Å². The molecule has 1 saturated carbocycles. The van der Waals surface area contributed by atoms with Crippen molar-refractivity contribution in [2.45, 2.75) is 70.4 Å². The molecule has 0 radical (unpaired) electrons. The summed E-state index contributed by atoms with van der Waals surface area (Å²) in [5.74, 6) is -5.92. The lowest BCUT2D eigenvalue weighted by molar-refractivity contribution is -0.157. The number of fused-ring (bicyclic) bond motifs is 3. The highest BCUT2D eigenvalue weighted by molar-refractivity contribution is 6.32. The average Bonchev–Trinajstić information content (AvgIpc) is 2.84. The van der Waals surface area contributed by atoms with Crippen LogP contribution >= 0.6 is 0 Å². The number of nitrogens with zero attached hydrogens (tertiary/aromatic N) is 1. The van der Waals surface area contributed by atoms with E-state index in [0.717, 1.165) is 31.2 Å². The number of phenols is 1. The van der Waals surface area contributed by atoms with Crippen LogP contribution in [-0.4, -0.2) is 38.4 Å². The molecule has 0 aromatic heterocycles. The van der Waals surface area contributed by atoms with Gasteiger partial charge in [0.25, 0.3) is 5.91 Å². The number of nitrogens with two attached hydrogens (primary N) is 2. The van der Waals surface area contributed by atoms with Crippen LogP contribution in [0.4, 0.5) is 0 Å². The molecule has 36 heavy (non-hydrogen) atoms. The first-order valence-corrected chi connectivity index (χ1v) is 12.3. The third kappa shape index (κ3) is 3.75. The van der Waals surface area contributed by atoms with Crippen molar-refractivity contribution in [1.29, 1.82) is 0 Å². The Hall–Kier alpha value is -3.37. The maximum atomic E-state index is 13.6. The Bertz CT molecular complexity index is 1230. The van der Waals surface area contributed by atoms with Crippen molar-refractivity contribution < 1.29 is 29.7 Å². The highest BCUT2D eigenvalue weighted by atomic mass is 16.3. The van der Waals surface area contributed by atoms with E-state index in [2.05, 4.69) is 12.1 Å². The summed E-state index contributed by atoms with van der Waals surface area (Å²) in [7, 11) is 0. The maximum absolute atomic E-state index is 13.6. The Balaban J connectivity index is 1.84. The first-order valence-electron chi connectivity index (χ1n) is 12.3. The van der Waals surface area contributed by atoms with Crippen LogP contribution < -0.4 is 11.5 Å². The zero-order valence-electron chi connectivity index (χ0n) is 20.2. The number of Topliss-reactive ketones (excluding diaryl/α,β-unsaturated/α-hetero) is 2. The van der Waals surface area contributed by atoms with Gasteiger partial charge >= 0.3 is 0 Å². The Morgan fingerprint density at radius 1 is 1.14 bits per heavy atom. The minimum absolute atomic E-state index is 0.0137. The van der Waals surface area contributed by atoms with Crippen molar-refractivity contribution >= 4 is 23.2 Å². The predicted octanol–water partition coefficient (Wildman–Crippen LogP) is 2.21. The summed E-state index contributed by atoms with van der Waals surface area (Å²) in [6, 6.07) is 1.83. The molecular weight excluding hydrogens is 466 g/mol. The van der Waals surface area contributed by atoms with Gasteiger partial charge in [0.15, 0.2) is 5.60 Å². The molecule has 0 heterocycles. The molecule has 0 bridgehead atoms. The van der Waals surface area contributed by atoms with E-state index in [-0.39, 0.29) is 42.0 Å². The van der Waals surface area contributed by atoms with Crippen molar-refractivity contribution in [1.82, 2.24) is 0 Å². The number of primary amides is 1. The van der Waals surface area contributed by atoms with Gasteiger partial charge in [0, 0.05) is 30.0 Å². The number of unbranched alkanes of at least 4 members (excludes halogenated alkanes) is 3. The topological polar surface area (TPSA) is 193 Å². The number of allylic oxidation sites excluding steroid dienone is 1. The molecule has 1 fully saturated rings. The van der Waals surface area contributed by atoms with Crippen molar-refractivity contribution in [2.75, 3.05) is 0 Å². The molecule has 1 aromatic rings. The number of nitroso groups, excluding NO2 is 1. The molecule has 3 aliphatic rings. The molecule has 7 N–H and O–H groups in total. The summed E-state index contributed by atoms with van der Waals surface area (Å²) in [6.45, 7) is 2.13. The second kappa shape index (κ2) is 9.59. The van der Waals surface area contributed by atoms with Crippen molar-refractivity contribution in [3.05, 3.63) is 50.1 Å². The fourth-order valence-corrected chi connectivity index (χ4v) is 6.03. The summed E-state index contributed by atoms with van der Waals surface area (Å²) in [4.78, 5) is 50.0. The van der Waals surface area contributed by atoms with Gasteiger partial charge in [0.1, 0.15) is 22.8 Å². The number of aliphatic hydroxyl groups excluding tert-OH is 1. The lowest BCUT2D eigenvalue weighted by Crippen LogP contribution is -2.61. The third-order valence-corrected chi connectivity index (χ3v) is 7.86. The molecule has 0 spiro atoms. The monoisotopic (exact) mass is 497 g/mol. The quantitative estimate of drug-likeness (QED) is 0.156. The van der Waals surface area contributed by atoms with E-state index < -0.39 is 46.2 Å².